The Morgan fingerprint density at radius 3 is 2.54 bits per heavy atom. The lowest BCUT2D eigenvalue weighted by atomic mass is 9.84. The van der Waals surface area contributed by atoms with Crippen molar-refractivity contribution in [2.24, 2.45) is 5.92 Å². The SMILES string of the molecule is CCOC(=O)CC(=O)[C@H]1CCN(C(=O)OC)[C@H](Cc2ccc(Cl)cc2)C1. The van der Waals surface area contributed by atoms with Gasteiger partial charge in [-0.1, -0.05) is 23.7 Å². The van der Waals surface area contributed by atoms with Crippen LogP contribution in [-0.4, -0.2) is 49.0 Å². The van der Waals surface area contributed by atoms with Gasteiger partial charge in [-0.25, -0.2) is 4.79 Å². The molecule has 6 nitrogen and oxygen atoms in total. The summed E-state index contributed by atoms with van der Waals surface area (Å²) < 4.78 is 9.73. The Kier molecular flexibility index (Phi) is 7.45. The molecule has 1 fully saturated rings. The maximum absolute atomic E-state index is 12.4. The monoisotopic (exact) mass is 381 g/mol. The predicted octanol–water partition coefficient (Wildman–Crippen LogP) is 3.25. The molecule has 0 bridgehead atoms. The van der Waals surface area contributed by atoms with Crippen LogP contribution in [0.1, 0.15) is 31.7 Å². The first kappa shape index (κ1) is 20.2. The number of carbonyl (C=O) groups excluding carboxylic acids is 3. The van der Waals surface area contributed by atoms with E-state index in [1.165, 1.54) is 7.11 Å². The van der Waals surface area contributed by atoms with Gasteiger partial charge in [0.1, 0.15) is 12.2 Å². The minimum Gasteiger partial charge on any atom is -0.466 e. The van der Waals surface area contributed by atoms with Crippen molar-refractivity contribution in [1.82, 2.24) is 4.90 Å². The van der Waals surface area contributed by atoms with E-state index >= 15 is 0 Å². The summed E-state index contributed by atoms with van der Waals surface area (Å²) >= 11 is 5.92. The number of hydrogen-bond acceptors (Lipinski definition) is 5. The van der Waals surface area contributed by atoms with Crippen molar-refractivity contribution in [1.29, 1.82) is 0 Å². The Labute approximate surface area is 158 Å². The predicted molar refractivity (Wildman–Crippen MR) is 97.0 cm³/mol. The number of piperidine rings is 1. The van der Waals surface area contributed by atoms with E-state index in [4.69, 9.17) is 21.1 Å². The Morgan fingerprint density at radius 2 is 1.92 bits per heavy atom. The number of Topliss-reactive ketones (excluding diaryl/α,β-unsaturated/α-hetero) is 1. The average Bonchev–Trinajstić information content (AvgIpc) is 2.63. The molecule has 1 aliphatic heterocycles. The normalized spacial score (nSPS) is 19.7. The molecule has 0 radical (unpaired) electrons. The van der Waals surface area contributed by atoms with E-state index in [0.29, 0.717) is 30.8 Å². The zero-order valence-corrected chi connectivity index (χ0v) is 15.8. The van der Waals surface area contributed by atoms with E-state index in [0.717, 1.165) is 5.56 Å². The van der Waals surface area contributed by atoms with Crippen LogP contribution in [-0.2, 0) is 25.5 Å². The highest BCUT2D eigenvalue weighted by atomic mass is 35.5. The molecule has 2 rings (SSSR count). The minimum absolute atomic E-state index is 0.130. The summed E-state index contributed by atoms with van der Waals surface area (Å²) in [4.78, 5) is 37.7. The van der Waals surface area contributed by atoms with Crippen molar-refractivity contribution in [2.75, 3.05) is 20.3 Å². The third-order valence-corrected chi connectivity index (χ3v) is 4.84. The number of likely N-dealkylation sites (tertiary alicyclic amines) is 1. The fraction of sp³-hybridized carbons (Fsp3) is 0.526. The van der Waals surface area contributed by atoms with Crippen molar-refractivity contribution in [3.8, 4) is 0 Å². The molecule has 1 saturated heterocycles. The lowest BCUT2D eigenvalue weighted by Gasteiger charge is -2.38. The average molecular weight is 382 g/mol. The summed E-state index contributed by atoms with van der Waals surface area (Å²) in [6.45, 7) is 2.38. The van der Waals surface area contributed by atoms with Crippen LogP contribution in [0.25, 0.3) is 0 Å². The molecule has 0 aliphatic carbocycles. The summed E-state index contributed by atoms with van der Waals surface area (Å²) in [7, 11) is 1.35. The molecular weight excluding hydrogens is 358 g/mol. The number of esters is 1. The molecule has 1 aromatic carbocycles. The number of ether oxygens (including phenoxy) is 2. The highest BCUT2D eigenvalue weighted by molar-refractivity contribution is 6.30. The fourth-order valence-electron chi connectivity index (χ4n) is 3.29. The molecule has 2 atom stereocenters. The number of amides is 1. The van der Waals surface area contributed by atoms with Crippen LogP contribution in [0.5, 0.6) is 0 Å². The second kappa shape index (κ2) is 9.57. The Morgan fingerprint density at radius 1 is 1.23 bits per heavy atom. The van der Waals surface area contributed by atoms with Crippen LogP contribution >= 0.6 is 11.6 Å². The van der Waals surface area contributed by atoms with Gasteiger partial charge in [0.15, 0.2) is 0 Å². The van der Waals surface area contributed by atoms with Crippen molar-refractivity contribution < 1.29 is 23.9 Å². The largest absolute Gasteiger partial charge is 0.466 e. The van der Waals surface area contributed by atoms with Gasteiger partial charge in [-0.2, -0.15) is 0 Å². The van der Waals surface area contributed by atoms with Crippen molar-refractivity contribution >= 4 is 29.4 Å². The number of halogens is 1. The van der Waals surface area contributed by atoms with E-state index in [1.807, 2.05) is 12.1 Å². The molecular formula is C19H24ClNO5. The number of methoxy groups -OCH3 is 1. The lowest BCUT2D eigenvalue weighted by Crippen LogP contribution is -2.48. The van der Waals surface area contributed by atoms with E-state index in [9.17, 15) is 14.4 Å². The molecule has 0 unspecified atom stereocenters. The molecule has 26 heavy (non-hydrogen) atoms. The van der Waals surface area contributed by atoms with Gasteiger partial charge in [-0.3, -0.25) is 9.59 Å². The molecule has 0 spiro atoms. The first-order valence-electron chi connectivity index (χ1n) is 8.72. The number of hydrogen-bond donors (Lipinski definition) is 0. The Balaban J connectivity index is 2.08. The first-order chi connectivity index (χ1) is 12.4. The number of benzene rings is 1. The van der Waals surface area contributed by atoms with Gasteiger partial charge in [0.25, 0.3) is 0 Å². The van der Waals surface area contributed by atoms with E-state index in [2.05, 4.69) is 0 Å². The smallest absolute Gasteiger partial charge is 0.409 e. The molecule has 0 aromatic heterocycles. The van der Waals surface area contributed by atoms with Gasteiger partial charge in [0.05, 0.1) is 13.7 Å². The van der Waals surface area contributed by atoms with E-state index < -0.39 is 12.1 Å². The van der Waals surface area contributed by atoms with Gasteiger partial charge < -0.3 is 14.4 Å². The highest BCUT2D eigenvalue weighted by Crippen LogP contribution is 2.28. The molecule has 1 heterocycles. The second-order valence-corrected chi connectivity index (χ2v) is 6.75. The molecule has 0 saturated carbocycles. The van der Waals surface area contributed by atoms with Gasteiger partial charge in [0.2, 0.25) is 0 Å². The highest BCUT2D eigenvalue weighted by Gasteiger charge is 2.35. The second-order valence-electron chi connectivity index (χ2n) is 6.32. The van der Waals surface area contributed by atoms with Crippen LogP contribution in [0.2, 0.25) is 5.02 Å². The van der Waals surface area contributed by atoms with E-state index in [-0.39, 0.29) is 30.8 Å². The summed E-state index contributed by atoms with van der Waals surface area (Å²) in [6, 6.07) is 7.23. The van der Waals surface area contributed by atoms with Crippen LogP contribution in [0, 0.1) is 5.92 Å². The lowest BCUT2D eigenvalue weighted by molar-refractivity contribution is -0.146. The Hall–Kier alpha value is -2.08. The molecule has 1 aliphatic rings. The topological polar surface area (TPSA) is 72.9 Å². The van der Waals surface area contributed by atoms with Crippen LogP contribution in [0.15, 0.2) is 24.3 Å². The van der Waals surface area contributed by atoms with Crippen molar-refractivity contribution in [2.45, 2.75) is 38.6 Å². The van der Waals surface area contributed by atoms with Gasteiger partial charge in [-0.05, 0) is 43.9 Å². The molecule has 142 valence electrons. The van der Waals surface area contributed by atoms with Crippen molar-refractivity contribution in [3.63, 3.8) is 0 Å². The van der Waals surface area contributed by atoms with Crippen LogP contribution in [0.4, 0.5) is 4.79 Å². The maximum atomic E-state index is 12.4. The minimum atomic E-state index is -0.498. The standard InChI is InChI=1S/C19H24ClNO5/c1-3-26-18(23)12-17(22)14-8-9-21(19(24)25-2)16(11-14)10-13-4-6-15(20)7-5-13/h4-7,14,16H,3,8-12H2,1-2H3/t14-,16+/m0/s1. The van der Waals surface area contributed by atoms with Crippen LogP contribution in [0.3, 0.4) is 0 Å². The zero-order valence-electron chi connectivity index (χ0n) is 15.1. The molecule has 7 heteroatoms. The van der Waals surface area contributed by atoms with Gasteiger partial charge in [-0.15, -0.1) is 0 Å². The number of carbonyl (C=O) groups is 3. The van der Waals surface area contributed by atoms with Gasteiger partial charge in [0, 0.05) is 23.5 Å². The van der Waals surface area contributed by atoms with E-state index in [1.54, 1.807) is 24.0 Å². The van der Waals surface area contributed by atoms with Gasteiger partial charge >= 0.3 is 12.1 Å². The zero-order chi connectivity index (χ0) is 19.1. The van der Waals surface area contributed by atoms with Crippen LogP contribution < -0.4 is 0 Å². The maximum Gasteiger partial charge on any atom is 0.409 e. The van der Waals surface area contributed by atoms with Crippen molar-refractivity contribution in [3.05, 3.63) is 34.9 Å². The summed E-state index contributed by atoms with van der Waals surface area (Å²) in [5, 5.41) is 0.643. The number of rotatable bonds is 6. The summed E-state index contributed by atoms with van der Waals surface area (Å²) in [6.07, 6.45) is 0.987. The molecule has 1 amide bonds. The number of nitrogens with zero attached hydrogens (tertiary/aromatic N) is 1. The molecule has 1 aromatic rings. The summed E-state index contributed by atoms with van der Waals surface area (Å²) in [5.41, 5.74) is 1.02. The third-order valence-electron chi connectivity index (χ3n) is 4.59. The molecule has 0 N–H and O–H groups in total. The quantitative estimate of drug-likeness (QED) is 0.558. The Bertz CT molecular complexity index is 646. The third kappa shape index (κ3) is 5.46. The first-order valence-corrected chi connectivity index (χ1v) is 9.09. The fourth-order valence-corrected chi connectivity index (χ4v) is 3.41. The number of ketones is 1. The summed E-state index contributed by atoms with van der Waals surface area (Å²) in [5.74, 6) is -0.895.